The van der Waals surface area contributed by atoms with Crippen LogP contribution >= 0.6 is 0 Å². The van der Waals surface area contributed by atoms with Crippen LogP contribution in [0.15, 0.2) is 30.3 Å². The van der Waals surface area contributed by atoms with E-state index in [-0.39, 0.29) is 24.8 Å². The van der Waals surface area contributed by atoms with Crippen LogP contribution in [-0.2, 0) is 16.1 Å². The molecule has 5 nitrogen and oxygen atoms in total. The molecule has 1 fully saturated rings. The van der Waals surface area contributed by atoms with Gasteiger partial charge in [0.25, 0.3) is 0 Å². The smallest absolute Gasteiger partial charge is 0.410 e. The zero-order valence-corrected chi connectivity index (χ0v) is 11.5. The third kappa shape index (κ3) is 3.49. The Morgan fingerprint density at radius 2 is 2.20 bits per heavy atom. The molecular weight excluding hydrogens is 256 g/mol. The van der Waals surface area contributed by atoms with Gasteiger partial charge in [-0.2, -0.15) is 5.26 Å². The first-order valence-corrected chi connectivity index (χ1v) is 6.61. The van der Waals surface area contributed by atoms with E-state index in [4.69, 9.17) is 14.7 Å². The molecule has 1 aromatic rings. The third-order valence-electron chi connectivity index (χ3n) is 3.48. The molecule has 5 heteroatoms. The lowest BCUT2D eigenvalue weighted by Crippen LogP contribution is -2.36. The molecule has 0 aliphatic carbocycles. The number of likely N-dealkylation sites (tertiary alicyclic amines) is 1. The second kappa shape index (κ2) is 6.92. The van der Waals surface area contributed by atoms with E-state index in [2.05, 4.69) is 6.07 Å². The van der Waals surface area contributed by atoms with Gasteiger partial charge in [0, 0.05) is 7.11 Å². The summed E-state index contributed by atoms with van der Waals surface area (Å²) in [6.07, 6.45) is 0.594. The van der Waals surface area contributed by atoms with Crippen molar-refractivity contribution in [2.24, 2.45) is 0 Å². The Morgan fingerprint density at radius 3 is 2.85 bits per heavy atom. The summed E-state index contributed by atoms with van der Waals surface area (Å²) in [5.41, 5.74) is 0.945. The van der Waals surface area contributed by atoms with Crippen LogP contribution in [0.5, 0.6) is 0 Å². The lowest BCUT2D eigenvalue weighted by Gasteiger charge is -2.21. The Labute approximate surface area is 118 Å². The van der Waals surface area contributed by atoms with E-state index in [0.717, 1.165) is 5.56 Å². The fourth-order valence-corrected chi connectivity index (χ4v) is 2.37. The molecule has 0 spiro atoms. The number of rotatable bonds is 4. The highest BCUT2D eigenvalue weighted by Gasteiger charge is 2.36. The van der Waals surface area contributed by atoms with E-state index >= 15 is 0 Å². The van der Waals surface area contributed by atoms with Gasteiger partial charge in [0.15, 0.2) is 0 Å². The summed E-state index contributed by atoms with van der Waals surface area (Å²) >= 11 is 0. The van der Waals surface area contributed by atoms with Gasteiger partial charge in [-0.3, -0.25) is 0 Å². The average Bonchev–Trinajstić information content (AvgIpc) is 2.89. The lowest BCUT2D eigenvalue weighted by atomic mass is 10.1. The monoisotopic (exact) mass is 274 g/mol. The van der Waals surface area contributed by atoms with Gasteiger partial charge in [0.1, 0.15) is 6.61 Å². The van der Waals surface area contributed by atoms with E-state index in [1.165, 1.54) is 0 Å². The van der Waals surface area contributed by atoms with Gasteiger partial charge in [-0.25, -0.2) is 4.79 Å². The van der Waals surface area contributed by atoms with Crippen molar-refractivity contribution in [1.82, 2.24) is 4.90 Å². The Morgan fingerprint density at radius 1 is 1.45 bits per heavy atom. The summed E-state index contributed by atoms with van der Waals surface area (Å²) in [6, 6.07) is 11.5. The molecule has 1 amide bonds. The lowest BCUT2D eigenvalue weighted by molar-refractivity contribution is 0.0803. The molecule has 0 N–H and O–H groups in total. The van der Waals surface area contributed by atoms with Crippen LogP contribution in [0.1, 0.15) is 18.4 Å². The van der Waals surface area contributed by atoms with E-state index < -0.39 is 0 Å². The summed E-state index contributed by atoms with van der Waals surface area (Å²) in [5, 5.41) is 8.82. The van der Waals surface area contributed by atoms with Crippen LogP contribution in [-0.4, -0.2) is 36.8 Å². The second-order valence-electron chi connectivity index (χ2n) is 4.80. The van der Waals surface area contributed by atoms with Gasteiger partial charge < -0.3 is 14.4 Å². The molecule has 1 aliphatic heterocycles. The van der Waals surface area contributed by atoms with Crippen LogP contribution in [0.4, 0.5) is 4.79 Å². The molecule has 1 aromatic carbocycles. The molecular formula is C15H18N2O3. The quantitative estimate of drug-likeness (QED) is 0.845. The number of methoxy groups -OCH3 is 1. The summed E-state index contributed by atoms with van der Waals surface area (Å²) in [5.74, 6) is 0. The van der Waals surface area contributed by atoms with Crippen molar-refractivity contribution in [2.45, 2.75) is 31.6 Å². The van der Waals surface area contributed by atoms with Crippen LogP contribution in [0.2, 0.25) is 0 Å². The molecule has 0 saturated carbocycles. The maximum Gasteiger partial charge on any atom is 0.410 e. The molecule has 1 aliphatic rings. The van der Waals surface area contributed by atoms with Crippen molar-refractivity contribution in [3.05, 3.63) is 35.9 Å². The topological polar surface area (TPSA) is 62.6 Å². The molecule has 1 heterocycles. The maximum atomic E-state index is 12.1. The number of nitrogens with zero attached hydrogens (tertiary/aromatic N) is 2. The van der Waals surface area contributed by atoms with Gasteiger partial charge in [0.05, 0.1) is 31.2 Å². The van der Waals surface area contributed by atoms with Crippen LogP contribution in [0.3, 0.4) is 0 Å². The van der Waals surface area contributed by atoms with E-state index in [9.17, 15) is 4.79 Å². The maximum absolute atomic E-state index is 12.1. The van der Waals surface area contributed by atoms with Gasteiger partial charge in [-0.1, -0.05) is 30.3 Å². The first-order valence-electron chi connectivity index (χ1n) is 6.61. The molecule has 0 aromatic heterocycles. The summed E-state index contributed by atoms with van der Waals surface area (Å²) in [4.78, 5) is 13.7. The number of hydrogen-bond donors (Lipinski definition) is 0. The van der Waals surface area contributed by atoms with E-state index in [1.54, 1.807) is 12.0 Å². The van der Waals surface area contributed by atoms with Crippen LogP contribution < -0.4 is 0 Å². The normalized spacial score (nSPS) is 21.5. The predicted octanol–water partition coefficient (Wildman–Crippen LogP) is 2.33. The first-order chi connectivity index (χ1) is 9.74. The van der Waals surface area contributed by atoms with Crippen molar-refractivity contribution in [3.8, 4) is 6.07 Å². The first kappa shape index (κ1) is 14.4. The highest BCUT2D eigenvalue weighted by Crippen LogP contribution is 2.23. The minimum atomic E-state index is -0.381. The molecule has 0 bridgehead atoms. The molecule has 2 rings (SSSR count). The second-order valence-corrected chi connectivity index (χ2v) is 4.80. The van der Waals surface area contributed by atoms with Crippen LogP contribution in [0.25, 0.3) is 0 Å². The number of carbonyl (C=O) groups is 1. The largest absolute Gasteiger partial charge is 0.445 e. The minimum Gasteiger partial charge on any atom is -0.445 e. The Balaban J connectivity index is 1.92. The average molecular weight is 274 g/mol. The fraction of sp³-hybridized carbons (Fsp3) is 0.467. The number of benzene rings is 1. The van der Waals surface area contributed by atoms with Crippen molar-refractivity contribution in [1.29, 1.82) is 5.26 Å². The van der Waals surface area contributed by atoms with Gasteiger partial charge in [-0.15, -0.1) is 0 Å². The fourth-order valence-electron chi connectivity index (χ4n) is 2.37. The van der Waals surface area contributed by atoms with Crippen molar-refractivity contribution in [2.75, 3.05) is 13.7 Å². The highest BCUT2D eigenvalue weighted by molar-refractivity contribution is 5.68. The van der Waals surface area contributed by atoms with E-state index in [1.807, 2.05) is 30.3 Å². The Bertz CT molecular complexity index is 484. The Hall–Kier alpha value is -2.06. The van der Waals surface area contributed by atoms with Gasteiger partial charge >= 0.3 is 6.09 Å². The van der Waals surface area contributed by atoms with Crippen LogP contribution in [0, 0.1) is 11.3 Å². The SMILES string of the molecule is COC1CC(CC#N)N(C(=O)OCc2ccccc2)C1. The number of carbonyl (C=O) groups excluding carboxylic acids is 1. The van der Waals surface area contributed by atoms with Gasteiger partial charge in [-0.05, 0) is 12.0 Å². The number of hydrogen-bond acceptors (Lipinski definition) is 4. The molecule has 20 heavy (non-hydrogen) atoms. The number of amides is 1. The summed E-state index contributed by atoms with van der Waals surface area (Å²) < 4.78 is 10.6. The van der Waals surface area contributed by atoms with Gasteiger partial charge in [0.2, 0.25) is 0 Å². The third-order valence-corrected chi connectivity index (χ3v) is 3.48. The molecule has 106 valence electrons. The predicted molar refractivity (Wildman–Crippen MR) is 72.8 cm³/mol. The van der Waals surface area contributed by atoms with Crippen molar-refractivity contribution in [3.63, 3.8) is 0 Å². The molecule has 2 unspecified atom stereocenters. The molecule has 2 atom stereocenters. The standard InChI is InChI=1S/C15H18N2O3/c1-19-14-9-13(7-8-16)17(10-14)15(18)20-11-12-5-3-2-4-6-12/h2-6,13-14H,7,9-11H2,1H3. The van der Waals surface area contributed by atoms with E-state index in [0.29, 0.717) is 19.4 Å². The summed E-state index contributed by atoms with van der Waals surface area (Å²) in [7, 11) is 1.62. The molecule has 1 saturated heterocycles. The summed E-state index contributed by atoms with van der Waals surface area (Å²) in [6.45, 7) is 0.726. The molecule has 0 radical (unpaired) electrons. The highest BCUT2D eigenvalue weighted by atomic mass is 16.6. The number of ether oxygens (including phenoxy) is 2. The zero-order chi connectivity index (χ0) is 14.4. The zero-order valence-electron chi connectivity index (χ0n) is 11.5. The number of nitriles is 1. The van der Waals surface area contributed by atoms with Crippen molar-refractivity contribution < 1.29 is 14.3 Å². The Kier molecular flexibility index (Phi) is 4.97. The van der Waals surface area contributed by atoms with Crippen molar-refractivity contribution >= 4 is 6.09 Å². The minimum absolute atomic E-state index is 0.0161.